The Hall–Kier alpha value is -1.71. The van der Waals surface area contributed by atoms with E-state index in [0.717, 1.165) is 50.5 Å². The maximum Gasteiger partial charge on any atom is 0.191 e. The molecule has 9 heteroatoms. The number of guanidine groups is 1. The van der Waals surface area contributed by atoms with Gasteiger partial charge in [0.25, 0.3) is 0 Å². The van der Waals surface area contributed by atoms with Gasteiger partial charge in [-0.3, -0.25) is 4.90 Å². The van der Waals surface area contributed by atoms with E-state index in [9.17, 15) is 0 Å². The molecular weight excluding hydrogens is 334 g/mol. The molecule has 0 amide bonds. The molecule has 148 valence electrons. The summed E-state index contributed by atoms with van der Waals surface area (Å²) in [5.41, 5.74) is 0.00878. The lowest BCUT2D eigenvalue weighted by atomic mass is 10.0. The van der Waals surface area contributed by atoms with Crippen molar-refractivity contribution in [2.45, 2.75) is 32.9 Å². The second-order valence-corrected chi connectivity index (χ2v) is 7.07. The minimum absolute atomic E-state index is 0.00878. The van der Waals surface area contributed by atoms with Gasteiger partial charge in [-0.15, -0.1) is 10.2 Å². The molecule has 1 saturated heterocycles. The fourth-order valence-corrected chi connectivity index (χ4v) is 2.76. The van der Waals surface area contributed by atoms with Crippen LogP contribution in [0.15, 0.2) is 4.99 Å². The summed E-state index contributed by atoms with van der Waals surface area (Å²) in [7, 11) is 3.64. The summed E-state index contributed by atoms with van der Waals surface area (Å²) >= 11 is 0. The highest BCUT2D eigenvalue weighted by Crippen LogP contribution is 2.15. The lowest BCUT2D eigenvalue weighted by molar-refractivity contribution is -0.00834. The van der Waals surface area contributed by atoms with E-state index in [1.54, 1.807) is 7.11 Å². The Labute approximate surface area is 156 Å². The summed E-state index contributed by atoms with van der Waals surface area (Å²) in [4.78, 5) is 7.11. The van der Waals surface area contributed by atoms with E-state index >= 15 is 0 Å². The van der Waals surface area contributed by atoms with Gasteiger partial charge in [-0.2, -0.15) is 0 Å². The zero-order valence-electron chi connectivity index (χ0n) is 16.7. The van der Waals surface area contributed by atoms with Gasteiger partial charge in [0.05, 0.1) is 19.8 Å². The summed E-state index contributed by atoms with van der Waals surface area (Å²) in [6, 6.07) is 0. The van der Waals surface area contributed by atoms with Crippen LogP contribution in [0, 0.1) is 6.92 Å². The number of morpholine rings is 1. The highest BCUT2D eigenvalue weighted by atomic mass is 16.5. The van der Waals surface area contributed by atoms with E-state index in [2.05, 4.69) is 44.6 Å². The van der Waals surface area contributed by atoms with Crippen LogP contribution in [0.4, 0.5) is 0 Å². The van der Waals surface area contributed by atoms with Crippen LogP contribution in [-0.2, 0) is 23.1 Å². The van der Waals surface area contributed by atoms with Crippen molar-refractivity contribution in [2.75, 3.05) is 53.1 Å². The molecule has 0 unspecified atom stereocenters. The summed E-state index contributed by atoms with van der Waals surface area (Å²) in [6.07, 6.45) is 0. The smallest absolute Gasteiger partial charge is 0.191 e. The molecule has 9 nitrogen and oxygen atoms in total. The number of hydrogen-bond donors (Lipinski definition) is 2. The Bertz CT molecular complexity index is 580. The first-order valence-electron chi connectivity index (χ1n) is 9.13. The minimum Gasteiger partial charge on any atom is -0.383 e. The first-order chi connectivity index (χ1) is 12.4. The Balaban J connectivity index is 1.96. The van der Waals surface area contributed by atoms with Crippen molar-refractivity contribution in [3.63, 3.8) is 0 Å². The van der Waals surface area contributed by atoms with Crippen LogP contribution < -0.4 is 10.6 Å². The zero-order valence-corrected chi connectivity index (χ0v) is 16.7. The monoisotopic (exact) mass is 367 g/mol. The SMILES string of the molecule is COCCNC(=NCc1nnc(C)n1C)NCC(C)(C)N1CCOCC1. The number of rotatable bonds is 8. The molecule has 2 heterocycles. The highest BCUT2D eigenvalue weighted by molar-refractivity contribution is 5.79. The lowest BCUT2D eigenvalue weighted by Gasteiger charge is -2.41. The molecule has 0 bridgehead atoms. The van der Waals surface area contributed by atoms with Gasteiger partial charge in [-0.05, 0) is 20.8 Å². The number of aromatic nitrogens is 3. The highest BCUT2D eigenvalue weighted by Gasteiger charge is 2.28. The van der Waals surface area contributed by atoms with E-state index in [1.165, 1.54) is 0 Å². The van der Waals surface area contributed by atoms with Gasteiger partial charge in [0, 0.05) is 45.9 Å². The lowest BCUT2D eigenvalue weighted by Crippen LogP contribution is -2.56. The maximum atomic E-state index is 5.46. The summed E-state index contributed by atoms with van der Waals surface area (Å²) < 4.78 is 12.5. The number of nitrogens with zero attached hydrogens (tertiary/aromatic N) is 5. The van der Waals surface area contributed by atoms with Crippen molar-refractivity contribution in [3.8, 4) is 0 Å². The molecule has 0 saturated carbocycles. The van der Waals surface area contributed by atoms with Gasteiger partial charge in [0.1, 0.15) is 12.4 Å². The molecule has 0 aromatic carbocycles. The first kappa shape index (κ1) is 20.6. The van der Waals surface area contributed by atoms with Crippen molar-refractivity contribution < 1.29 is 9.47 Å². The van der Waals surface area contributed by atoms with Crippen LogP contribution in [0.2, 0.25) is 0 Å². The predicted octanol–water partition coefficient (Wildman–Crippen LogP) is -0.0841. The second-order valence-electron chi connectivity index (χ2n) is 7.07. The largest absolute Gasteiger partial charge is 0.383 e. The average Bonchev–Trinajstić information content (AvgIpc) is 2.96. The number of hydrogen-bond acceptors (Lipinski definition) is 6. The molecule has 1 aromatic rings. The molecule has 0 radical (unpaired) electrons. The maximum absolute atomic E-state index is 5.46. The molecule has 26 heavy (non-hydrogen) atoms. The average molecular weight is 367 g/mol. The Morgan fingerprint density at radius 3 is 2.62 bits per heavy atom. The van der Waals surface area contributed by atoms with Crippen molar-refractivity contribution in [1.82, 2.24) is 30.3 Å². The molecule has 0 spiro atoms. The van der Waals surface area contributed by atoms with Gasteiger partial charge >= 0.3 is 0 Å². The standard InChI is InChI=1S/C17H33N7O2/c1-14-21-22-15(23(14)4)12-19-16(18-6-9-25-5)20-13-17(2,3)24-7-10-26-11-8-24/h6-13H2,1-5H3,(H2,18,19,20). The van der Waals surface area contributed by atoms with Gasteiger partial charge < -0.3 is 24.7 Å². The third kappa shape index (κ3) is 5.93. The molecule has 1 fully saturated rings. The minimum atomic E-state index is 0.00878. The summed E-state index contributed by atoms with van der Waals surface area (Å²) in [6.45, 7) is 12.5. The fourth-order valence-electron chi connectivity index (χ4n) is 2.76. The van der Waals surface area contributed by atoms with Crippen LogP contribution in [0.25, 0.3) is 0 Å². The van der Waals surface area contributed by atoms with Crippen molar-refractivity contribution in [3.05, 3.63) is 11.6 Å². The van der Waals surface area contributed by atoms with Crippen LogP contribution in [0.5, 0.6) is 0 Å². The fraction of sp³-hybridized carbons (Fsp3) is 0.824. The first-order valence-corrected chi connectivity index (χ1v) is 9.13. The number of aliphatic imine (C=N–C) groups is 1. The molecule has 2 rings (SSSR count). The molecule has 2 N–H and O–H groups in total. The van der Waals surface area contributed by atoms with Crippen LogP contribution in [0.3, 0.4) is 0 Å². The number of ether oxygens (including phenoxy) is 2. The third-order valence-electron chi connectivity index (χ3n) is 4.72. The Morgan fingerprint density at radius 2 is 2.00 bits per heavy atom. The molecule has 0 atom stereocenters. The van der Waals surface area contributed by atoms with E-state index < -0.39 is 0 Å². The van der Waals surface area contributed by atoms with Crippen LogP contribution >= 0.6 is 0 Å². The van der Waals surface area contributed by atoms with Crippen LogP contribution in [-0.4, -0.2) is 84.3 Å². The molecule has 1 aliphatic heterocycles. The topological polar surface area (TPSA) is 88.8 Å². The number of aryl methyl sites for hydroxylation is 1. The zero-order chi connectivity index (χ0) is 19.0. The quantitative estimate of drug-likeness (QED) is 0.377. The summed E-state index contributed by atoms with van der Waals surface area (Å²) in [5, 5.41) is 15.0. The van der Waals surface area contributed by atoms with E-state index in [1.807, 2.05) is 18.5 Å². The molecule has 1 aromatic heterocycles. The second kappa shape index (κ2) is 9.84. The van der Waals surface area contributed by atoms with Gasteiger partial charge in [0.2, 0.25) is 0 Å². The van der Waals surface area contributed by atoms with Crippen molar-refractivity contribution in [2.24, 2.45) is 12.0 Å². The molecular formula is C17H33N7O2. The van der Waals surface area contributed by atoms with Crippen molar-refractivity contribution in [1.29, 1.82) is 0 Å². The molecule has 0 aliphatic carbocycles. The van der Waals surface area contributed by atoms with Gasteiger partial charge in [-0.25, -0.2) is 4.99 Å². The van der Waals surface area contributed by atoms with Gasteiger partial charge in [-0.1, -0.05) is 0 Å². The third-order valence-corrected chi connectivity index (χ3v) is 4.72. The number of nitrogens with one attached hydrogen (secondary N) is 2. The Kier molecular flexibility index (Phi) is 7.80. The van der Waals surface area contributed by atoms with Gasteiger partial charge in [0.15, 0.2) is 11.8 Å². The van der Waals surface area contributed by atoms with E-state index in [-0.39, 0.29) is 5.54 Å². The molecule has 1 aliphatic rings. The van der Waals surface area contributed by atoms with E-state index in [4.69, 9.17) is 9.47 Å². The summed E-state index contributed by atoms with van der Waals surface area (Å²) in [5.74, 6) is 2.47. The normalized spacial score (nSPS) is 16.7. The Morgan fingerprint density at radius 1 is 1.27 bits per heavy atom. The van der Waals surface area contributed by atoms with Crippen molar-refractivity contribution >= 4 is 5.96 Å². The number of methoxy groups -OCH3 is 1. The predicted molar refractivity (Wildman–Crippen MR) is 101 cm³/mol. The van der Waals surface area contributed by atoms with E-state index in [0.29, 0.717) is 19.7 Å². The van der Waals surface area contributed by atoms with Crippen LogP contribution in [0.1, 0.15) is 25.5 Å².